The average molecular weight is 262 g/mol. The number of rotatable bonds is 2. The molecule has 0 spiro atoms. The van der Waals surface area contributed by atoms with Gasteiger partial charge in [-0.05, 0) is 42.8 Å². The lowest BCUT2D eigenvalue weighted by Gasteiger charge is -2.06. The maximum Gasteiger partial charge on any atom is 0.343 e. The minimum atomic E-state index is -0.455. The highest BCUT2D eigenvalue weighted by atomic mass is 35.5. The van der Waals surface area contributed by atoms with Crippen molar-refractivity contribution in [3.05, 3.63) is 58.6 Å². The average Bonchev–Trinajstić information content (AvgIpc) is 2.32. The van der Waals surface area contributed by atoms with Gasteiger partial charge >= 0.3 is 5.97 Å². The van der Waals surface area contributed by atoms with E-state index in [0.717, 1.165) is 5.56 Å². The molecule has 92 valence electrons. The molecular weight excluding hydrogens is 250 g/mol. The van der Waals surface area contributed by atoms with E-state index in [2.05, 4.69) is 0 Å². The lowest BCUT2D eigenvalue weighted by molar-refractivity contribution is 0.0735. The molecule has 0 aliphatic heterocycles. The molecule has 2 N–H and O–H groups in total. The van der Waals surface area contributed by atoms with Gasteiger partial charge in [-0.25, -0.2) is 4.79 Å². The largest absolute Gasteiger partial charge is 0.423 e. The summed E-state index contributed by atoms with van der Waals surface area (Å²) in [5.74, 6) is -0.0457. The van der Waals surface area contributed by atoms with Crippen molar-refractivity contribution in [3.63, 3.8) is 0 Å². The van der Waals surface area contributed by atoms with Gasteiger partial charge in [0, 0.05) is 10.7 Å². The number of nitrogen functional groups attached to an aromatic ring is 1. The number of benzene rings is 2. The first-order valence-electron chi connectivity index (χ1n) is 5.40. The van der Waals surface area contributed by atoms with Crippen LogP contribution in [0.25, 0.3) is 0 Å². The van der Waals surface area contributed by atoms with Gasteiger partial charge in [0.2, 0.25) is 0 Å². The second-order valence-corrected chi connectivity index (χ2v) is 4.35. The maximum atomic E-state index is 11.9. The predicted molar refractivity (Wildman–Crippen MR) is 72.0 cm³/mol. The number of hydrogen-bond acceptors (Lipinski definition) is 3. The van der Waals surface area contributed by atoms with Crippen LogP contribution < -0.4 is 10.5 Å². The molecule has 0 heterocycles. The first-order chi connectivity index (χ1) is 8.56. The van der Waals surface area contributed by atoms with Gasteiger partial charge in [0.15, 0.2) is 0 Å². The molecule has 0 radical (unpaired) electrons. The fourth-order valence-electron chi connectivity index (χ4n) is 1.46. The van der Waals surface area contributed by atoms with Crippen molar-refractivity contribution >= 4 is 23.3 Å². The molecule has 18 heavy (non-hydrogen) atoms. The minimum absolute atomic E-state index is 0.409. The molecule has 0 unspecified atom stereocenters. The van der Waals surface area contributed by atoms with Crippen LogP contribution in [0.5, 0.6) is 5.75 Å². The Balaban J connectivity index is 2.19. The topological polar surface area (TPSA) is 52.3 Å². The van der Waals surface area contributed by atoms with E-state index in [0.29, 0.717) is 22.0 Å². The monoisotopic (exact) mass is 261 g/mol. The zero-order chi connectivity index (χ0) is 13.1. The molecule has 0 bridgehead atoms. The Hall–Kier alpha value is -2.00. The van der Waals surface area contributed by atoms with Crippen LogP contribution in [0, 0.1) is 6.92 Å². The molecule has 2 rings (SSSR count). The first kappa shape index (κ1) is 12.5. The van der Waals surface area contributed by atoms with E-state index >= 15 is 0 Å². The van der Waals surface area contributed by atoms with Crippen LogP contribution in [-0.4, -0.2) is 5.97 Å². The predicted octanol–water partition coefficient (Wildman–Crippen LogP) is 3.45. The highest BCUT2D eigenvalue weighted by molar-refractivity contribution is 6.30. The molecule has 0 aliphatic carbocycles. The summed E-state index contributed by atoms with van der Waals surface area (Å²) in [5.41, 5.74) is 7.65. The van der Waals surface area contributed by atoms with Crippen LogP contribution in [0.4, 0.5) is 5.69 Å². The molecule has 2 aromatic carbocycles. The number of ether oxygens (including phenoxy) is 1. The minimum Gasteiger partial charge on any atom is -0.423 e. The third-order valence-electron chi connectivity index (χ3n) is 2.52. The van der Waals surface area contributed by atoms with Gasteiger partial charge in [0.25, 0.3) is 0 Å². The third kappa shape index (κ3) is 2.81. The van der Waals surface area contributed by atoms with Gasteiger partial charge in [-0.1, -0.05) is 23.7 Å². The van der Waals surface area contributed by atoms with Crippen molar-refractivity contribution in [2.24, 2.45) is 0 Å². The number of carbonyl (C=O) groups is 1. The number of aryl methyl sites for hydroxylation is 1. The Labute approximate surface area is 110 Å². The van der Waals surface area contributed by atoms with E-state index in [1.54, 1.807) is 42.5 Å². The van der Waals surface area contributed by atoms with Crippen molar-refractivity contribution in [1.82, 2.24) is 0 Å². The van der Waals surface area contributed by atoms with Gasteiger partial charge < -0.3 is 10.5 Å². The van der Waals surface area contributed by atoms with Crippen LogP contribution in [0.2, 0.25) is 5.02 Å². The van der Waals surface area contributed by atoms with Crippen LogP contribution in [0.15, 0.2) is 42.5 Å². The number of esters is 1. The Morgan fingerprint density at radius 2 is 2.00 bits per heavy atom. The molecular formula is C14H12ClNO2. The van der Waals surface area contributed by atoms with E-state index in [1.165, 1.54) is 0 Å². The molecule has 0 aromatic heterocycles. The van der Waals surface area contributed by atoms with E-state index in [9.17, 15) is 4.79 Å². The number of anilines is 1. The van der Waals surface area contributed by atoms with Crippen molar-refractivity contribution in [2.75, 3.05) is 5.73 Å². The van der Waals surface area contributed by atoms with Gasteiger partial charge in [-0.2, -0.15) is 0 Å². The van der Waals surface area contributed by atoms with Crippen LogP contribution in [0.3, 0.4) is 0 Å². The molecule has 0 saturated carbocycles. The third-order valence-corrected chi connectivity index (χ3v) is 2.76. The Morgan fingerprint density at radius 1 is 1.22 bits per heavy atom. The number of hydrogen-bond donors (Lipinski definition) is 1. The first-order valence-corrected chi connectivity index (χ1v) is 5.78. The molecule has 0 fully saturated rings. The van der Waals surface area contributed by atoms with E-state index < -0.39 is 5.97 Å². The fraction of sp³-hybridized carbons (Fsp3) is 0.0714. The Bertz CT molecular complexity index is 596. The van der Waals surface area contributed by atoms with Crippen molar-refractivity contribution in [3.8, 4) is 5.75 Å². The van der Waals surface area contributed by atoms with Crippen LogP contribution in [-0.2, 0) is 0 Å². The van der Waals surface area contributed by atoms with Crippen molar-refractivity contribution in [1.29, 1.82) is 0 Å². The summed E-state index contributed by atoms with van der Waals surface area (Å²) in [6.45, 7) is 1.88. The Morgan fingerprint density at radius 3 is 2.67 bits per heavy atom. The zero-order valence-electron chi connectivity index (χ0n) is 9.81. The standard InChI is InChI=1S/C14H12ClNO2/c1-9-5-6-10(7-13(9)16)14(17)18-12-4-2-3-11(15)8-12/h2-8H,16H2,1H3. The quantitative estimate of drug-likeness (QED) is 0.512. The van der Waals surface area contributed by atoms with E-state index in [1.807, 2.05) is 6.92 Å². The number of carbonyl (C=O) groups excluding carboxylic acids is 1. The summed E-state index contributed by atoms with van der Waals surface area (Å²) < 4.78 is 5.20. The molecule has 0 amide bonds. The fourth-order valence-corrected chi connectivity index (χ4v) is 1.64. The second-order valence-electron chi connectivity index (χ2n) is 3.92. The highest BCUT2D eigenvalue weighted by Gasteiger charge is 2.09. The summed E-state index contributed by atoms with van der Waals surface area (Å²) in [4.78, 5) is 11.9. The van der Waals surface area contributed by atoms with E-state index in [-0.39, 0.29) is 0 Å². The van der Waals surface area contributed by atoms with Crippen LogP contribution >= 0.6 is 11.6 Å². The summed E-state index contributed by atoms with van der Waals surface area (Å²) in [6.07, 6.45) is 0. The van der Waals surface area contributed by atoms with Gasteiger partial charge in [-0.3, -0.25) is 0 Å². The van der Waals surface area contributed by atoms with Gasteiger partial charge in [0.1, 0.15) is 5.75 Å². The smallest absolute Gasteiger partial charge is 0.343 e. The normalized spacial score (nSPS) is 10.1. The summed E-state index contributed by atoms with van der Waals surface area (Å²) in [7, 11) is 0. The lowest BCUT2D eigenvalue weighted by atomic mass is 10.1. The second kappa shape index (κ2) is 5.10. The highest BCUT2D eigenvalue weighted by Crippen LogP contribution is 2.19. The number of nitrogens with two attached hydrogens (primary N) is 1. The molecule has 3 nitrogen and oxygen atoms in total. The lowest BCUT2D eigenvalue weighted by Crippen LogP contribution is -2.09. The van der Waals surface area contributed by atoms with Crippen molar-refractivity contribution < 1.29 is 9.53 Å². The maximum absolute atomic E-state index is 11.9. The summed E-state index contributed by atoms with van der Waals surface area (Å²) in [6, 6.07) is 11.7. The molecule has 0 aliphatic rings. The summed E-state index contributed by atoms with van der Waals surface area (Å²) >= 11 is 5.81. The number of halogens is 1. The summed E-state index contributed by atoms with van der Waals surface area (Å²) in [5, 5.41) is 0.517. The molecule has 0 saturated heterocycles. The Kier molecular flexibility index (Phi) is 3.53. The van der Waals surface area contributed by atoms with Gasteiger partial charge in [0.05, 0.1) is 5.56 Å². The zero-order valence-corrected chi connectivity index (χ0v) is 10.6. The molecule has 2 aromatic rings. The van der Waals surface area contributed by atoms with E-state index in [4.69, 9.17) is 22.1 Å². The molecule has 4 heteroatoms. The SMILES string of the molecule is Cc1ccc(C(=O)Oc2cccc(Cl)c2)cc1N. The van der Waals surface area contributed by atoms with Crippen molar-refractivity contribution in [2.45, 2.75) is 6.92 Å². The molecule has 0 atom stereocenters. The van der Waals surface area contributed by atoms with Gasteiger partial charge in [-0.15, -0.1) is 0 Å². The van der Waals surface area contributed by atoms with Crippen LogP contribution in [0.1, 0.15) is 15.9 Å².